The predicted octanol–water partition coefficient (Wildman–Crippen LogP) is 0.716. The fourth-order valence-corrected chi connectivity index (χ4v) is 1.13. The fraction of sp³-hybridized carbons (Fsp3) is 0.818. The van der Waals surface area contributed by atoms with Gasteiger partial charge in [0.05, 0.1) is 12.6 Å². The van der Waals surface area contributed by atoms with E-state index in [0.717, 1.165) is 13.0 Å². The van der Waals surface area contributed by atoms with Crippen LogP contribution in [0.5, 0.6) is 0 Å². The lowest BCUT2D eigenvalue weighted by atomic mass is 10.0. The summed E-state index contributed by atoms with van der Waals surface area (Å²) in [4.78, 5) is 22.8. The molecule has 0 aromatic rings. The average molecular weight is 214 g/mol. The topological polar surface area (TPSA) is 58.2 Å². The van der Waals surface area contributed by atoms with E-state index in [9.17, 15) is 9.59 Å². The number of Topliss-reactive ketones (excluding diaryl/α,β-unsaturated/α-hetero) is 1. The van der Waals surface area contributed by atoms with Gasteiger partial charge >= 0.3 is 0 Å². The van der Waals surface area contributed by atoms with Gasteiger partial charge in [-0.25, -0.2) is 0 Å². The largest absolute Gasteiger partial charge is 0.348 e. The van der Waals surface area contributed by atoms with Crippen molar-refractivity contribution in [2.45, 2.75) is 40.2 Å². The third-order valence-corrected chi connectivity index (χ3v) is 2.50. The summed E-state index contributed by atoms with van der Waals surface area (Å²) in [7, 11) is 0. The normalized spacial score (nSPS) is 14.4. The van der Waals surface area contributed by atoms with Crippen LogP contribution in [0.1, 0.15) is 34.1 Å². The molecular weight excluding hydrogens is 192 g/mol. The van der Waals surface area contributed by atoms with Crippen molar-refractivity contribution < 1.29 is 9.59 Å². The van der Waals surface area contributed by atoms with E-state index in [-0.39, 0.29) is 30.2 Å². The predicted molar refractivity (Wildman–Crippen MR) is 60.6 cm³/mol. The molecule has 0 saturated carbocycles. The number of hydrogen-bond acceptors (Lipinski definition) is 3. The second-order valence-corrected chi connectivity index (χ2v) is 3.77. The van der Waals surface area contributed by atoms with E-state index in [1.54, 1.807) is 6.92 Å². The number of hydrogen-bond donors (Lipinski definition) is 2. The maximum absolute atomic E-state index is 11.4. The van der Waals surface area contributed by atoms with Gasteiger partial charge < -0.3 is 10.6 Å². The summed E-state index contributed by atoms with van der Waals surface area (Å²) in [6.45, 7) is 8.45. The highest BCUT2D eigenvalue weighted by molar-refractivity contribution is 5.89. The second kappa shape index (κ2) is 7.40. The number of carbonyl (C=O) groups excluding carboxylic acids is 2. The molecule has 0 heterocycles. The monoisotopic (exact) mass is 214 g/mol. The minimum absolute atomic E-state index is 0.0275. The minimum Gasteiger partial charge on any atom is -0.348 e. The van der Waals surface area contributed by atoms with Crippen molar-refractivity contribution in [1.82, 2.24) is 10.6 Å². The van der Waals surface area contributed by atoms with Crippen LogP contribution in [0.25, 0.3) is 0 Å². The molecule has 0 radical (unpaired) electrons. The molecule has 4 nitrogen and oxygen atoms in total. The van der Waals surface area contributed by atoms with Crippen LogP contribution >= 0.6 is 0 Å². The second-order valence-electron chi connectivity index (χ2n) is 3.77. The first kappa shape index (κ1) is 14.1. The Labute approximate surface area is 91.8 Å². The van der Waals surface area contributed by atoms with Gasteiger partial charge in [-0.3, -0.25) is 9.59 Å². The Balaban J connectivity index is 3.85. The molecule has 0 aliphatic rings. The van der Waals surface area contributed by atoms with Crippen molar-refractivity contribution in [2.75, 3.05) is 13.1 Å². The van der Waals surface area contributed by atoms with Crippen LogP contribution in [0.3, 0.4) is 0 Å². The average Bonchev–Trinajstić information content (AvgIpc) is 2.24. The fourth-order valence-electron chi connectivity index (χ4n) is 1.13. The van der Waals surface area contributed by atoms with E-state index in [0.29, 0.717) is 0 Å². The van der Waals surface area contributed by atoms with Crippen LogP contribution in [-0.2, 0) is 9.59 Å². The molecule has 0 spiro atoms. The van der Waals surface area contributed by atoms with Crippen molar-refractivity contribution in [1.29, 1.82) is 0 Å². The molecule has 0 rings (SSSR count). The van der Waals surface area contributed by atoms with Crippen molar-refractivity contribution in [2.24, 2.45) is 5.92 Å². The van der Waals surface area contributed by atoms with Gasteiger partial charge in [0.15, 0.2) is 5.78 Å². The molecule has 0 aromatic heterocycles. The third-order valence-electron chi connectivity index (χ3n) is 2.50. The number of rotatable bonds is 7. The van der Waals surface area contributed by atoms with Crippen LogP contribution in [-0.4, -0.2) is 30.8 Å². The summed E-state index contributed by atoms with van der Waals surface area (Å²) < 4.78 is 0. The molecular formula is C11H22N2O2. The summed E-state index contributed by atoms with van der Waals surface area (Å²) in [6, 6.07) is -0.236. The summed E-state index contributed by atoms with van der Waals surface area (Å²) in [5, 5.41) is 5.62. The Kier molecular flexibility index (Phi) is 6.96. The van der Waals surface area contributed by atoms with Crippen LogP contribution in [0, 0.1) is 5.92 Å². The molecule has 2 N–H and O–H groups in total. The summed E-state index contributed by atoms with van der Waals surface area (Å²) in [5.74, 6) is 0.00259. The van der Waals surface area contributed by atoms with Gasteiger partial charge in [-0.15, -0.1) is 0 Å². The van der Waals surface area contributed by atoms with E-state index in [1.165, 1.54) is 0 Å². The lowest BCUT2D eigenvalue weighted by Crippen LogP contribution is -2.44. The smallest absolute Gasteiger partial charge is 0.237 e. The Hall–Kier alpha value is -0.900. The van der Waals surface area contributed by atoms with Gasteiger partial charge in [-0.05, 0) is 19.9 Å². The zero-order valence-corrected chi connectivity index (χ0v) is 10.1. The standard InChI is InChI=1S/C11H22N2O2/c1-5-8(3)10(14)7-13-11(15)9(4)12-6-2/h8-9,12H,5-7H2,1-4H3,(H,13,15). The molecule has 0 bridgehead atoms. The van der Waals surface area contributed by atoms with Crippen molar-refractivity contribution in [3.8, 4) is 0 Å². The number of likely N-dealkylation sites (N-methyl/N-ethyl adjacent to an activating group) is 1. The first-order valence-corrected chi connectivity index (χ1v) is 5.56. The quantitative estimate of drug-likeness (QED) is 0.656. The zero-order chi connectivity index (χ0) is 11.8. The maximum Gasteiger partial charge on any atom is 0.237 e. The molecule has 15 heavy (non-hydrogen) atoms. The van der Waals surface area contributed by atoms with Gasteiger partial charge in [0, 0.05) is 5.92 Å². The lowest BCUT2D eigenvalue weighted by molar-refractivity contribution is -0.127. The van der Waals surface area contributed by atoms with Crippen LogP contribution < -0.4 is 10.6 Å². The Bertz CT molecular complexity index is 217. The summed E-state index contributed by atoms with van der Waals surface area (Å²) in [5.41, 5.74) is 0. The van der Waals surface area contributed by atoms with E-state index < -0.39 is 0 Å². The Morgan fingerprint density at radius 1 is 1.20 bits per heavy atom. The van der Waals surface area contributed by atoms with E-state index in [1.807, 2.05) is 20.8 Å². The minimum atomic E-state index is -0.236. The highest BCUT2D eigenvalue weighted by atomic mass is 16.2. The summed E-state index contributed by atoms with van der Waals surface area (Å²) >= 11 is 0. The van der Waals surface area contributed by atoms with E-state index in [4.69, 9.17) is 0 Å². The van der Waals surface area contributed by atoms with Gasteiger partial charge in [0.2, 0.25) is 5.91 Å². The van der Waals surface area contributed by atoms with Crippen LogP contribution in [0.15, 0.2) is 0 Å². The molecule has 1 amide bonds. The number of nitrogens with one attached hydrogen (secondary N) is 2. The number of amides is 1. The molecule has 2 unspecified atom stereocenters. The zero-order valence-electron chi connectivity index (χ0n) is 10.1. The molecule has 0 aliphatic heterocycles. The maximum atomic E-state index is 11.4. The van der Waals surface area contributed by atoms with Crippen LogP contribution in [0.2, 0.25) is 0 Å². The highest BCUT2D eigenvalue weighted by Crippen LogP contribution is 2.00. The molecule has 0 fully saturated rings. The van der Waals surface area contributed by atoms with Crippen molar-refractivity contribution in [3.63, 3.8) is 0 Å². The first-order chi connectivity index (χ1) is 7.02. The van der Waals surface area contributed by atoms with Crippen LogP contribution in [0.4, 0.5) is 0 Å². The third kappa shape index (κ3) is 5.52. The number of carbonyl (C=O) groups is 2. The SMILES string of the molecule is CCNC(C)C(=O)NCC(=O)C(C)CC. The highest BCUT2D eigenvalue weighted by Gasteiger charge is 2.14. The molecule has 0 saturated heterocycles. The lowest BCUT2D eigenvalue weighted by Gasteiger charge is -2.13. The van der Waals surface area contributed by atoms with Gasteiger partial charge in [-0.2, -0.15) is 0 Å². The number of ketones is 1. The van der Waals surface area contributed by atoms with Gasteiger partial charge in [-0.1, -0.05) is 20.8 Å². The van der Waals surface area contributed by atoms with E-state index in [2.05, 4.69) is 10.6 Å². The molecule has 0 aliphatic carbocycles. The summed E-state index contributed by atoms with van der Waals surface area (Å²) in [6.07, 6.45) is 0.817. The van der Waals surface area contributed by atoms with Gasteiger partial charge in [0.1, 0.15) is 0 Å². The molecule has 0 aromatic carbocycles. The molecule has 88 valence electrons. The van der Waals surface area contributed by atoms with Gasteiger partial charge in [0.25, 0.3) is 0 Å². The van der Waals surface area contributed by atoms with E-state index >= 15 is 0 Å². The van der Waals surface area contributed by atoms with Crippen molar-refractivity contribution >= 4 is 11.7 Å². The Morgan fingerprint density at radius 3 is 2.27 bits per heavy atom. The molecule has 2 atom stereocenters. The Morgan fingerprint density at radius 2 is 1.80 bits per heavy atom. The molecule has 4 heteroatoms. The first-order valence-electron chi connectivity index (χ1n) is 5.56. The van der Waals surface area contributed by atoms with Crippen molar-refractivity contribution in [3.05, 3.63) is 0 Å².